The van der Waals surface area contributed by atoms with Crippen LogP contribution >= 0.6 is 0 Å². The number of hydrogen-bond acceptors (Lipinski definition) is 1. The van der Waals surface area contributed by atoms with E-state index in [9.17, 15) is 5.11 Å². The van der Waals surface area contributed by atoms with Crippen LogP contribution < -0.4 is 0 Å². The van der Waals surface area contributed by atoms with Gasteiger partial charge in [-0.05, 0) is 42.9 Å². The summed E-state index contributed by atoms with van der Waals surface area (Å²) in [5.74, 6) is 3.10. The van der Waals surface area contributed by atoms with E-state index in [0.29, 0.717) is 5.92 Å². The smallest absolute Gasteiger partial charge is 0.0573 e. The van der Waals surface area contributed by atoms with Gasteiger partial charge in [-0.1, -0.05) is 39.5 Å². The molecular formula is C14H26O. The Morgan fingerprint density at radius 3 is 2.67 bits per heavy atom. The number of fused-ring (bicyclic) bond motifs is 1. The standard InChI is InChI=1S/C14H26O/c1-3-10(2)12-8-11-6-4-5-7-13(11)14(15)9-12/h10-15H,3-9H2,1-2H3. The first-order valence-corrected chi connectivity index (χ1v) is 6.90. The van der Waals surface area contributed by atoms with E-state index in [1.807, 2.05) is 0 Å². The number of aliphatic hydroxyl groups excluding tert-OH is 1. The van der Waals surface area contributed by atoms with E-state index in [2.05, 4.69) is 13.8 Å². The van der Waals surface area contributed by atoms with Gasteiger partial charge in [-0.2, -0.15) is 0 Å². The minimum Gasteiger partial charge on any atom is -0.393 e. The Bertz CT molecular complexity index is 202. The lowest BCUT2D eigenvalue weighted by molar-refractivity contribution is -0.0254. The molecule has 1 N–H and O–H groups in total. The Morgan fingerprint density at radius 1 is 1.20 bits per heavy atom. The van der Waals surface area contributed by atoms with Gasteiger partial charge in [-0.15, -0.1) is 0 Å². The van der Waals surface area contributed by atoms with E-state index >= 15 is 0 Å². The molecule has 0 aliphatic heterocycles. The highest BCUT2D eigenvalue weighted by molar-refractivity contribution is 4.89. The zero-order chi connectivity index (χ0) is 10.8. The molecule has 0 aromatic carbocycles. The molecular weight excluding hydrogens is 184 g/mol. The van der Waals surface area contributed by atoms with E-state index in [-0.39, 0.29) is 6.10 Å². The SMILES string of the molecule is CCC(C)C1CC(O)C2CCCCC2C1. The third kappa shape index (κ3) is 2.38. The summed E-state index contributed by atoms with van der Waals surface area (Å²) >= 11 is 0. The average molecular weight is 210 g/mol. The van der Waals surface area contributed by atoms with Crippen molar-refractivity contribution in [1.82, 2.24) is 0 Å². The largest absolute Gasteiger partial charge is 0.393 e. The lowest BCUT2D eigenvalue weighted by Gasteiger charge is -2.44. The van der Waals surface area contributed by atoms with Crippen molar-refractivity contribution in [3.63, 3.8) is 0 Å². The summed E-state index contributed by atoms with van der Waals surface area (Å²) in [6.07, 6.45) is 9.20. The summed E-state index contributed by atoms with van der Waals surface area (Å²) in [6.45, 7) is 4.64. The molecule has 1 nitrogen and oxygen atoms in total. The molecule has 0 amide bonds. The molecule has 5 atom stereocenters. The normalized spacial score (nSPS) is 43.4. The molecule has 0 spiro atoms. The van der Waals surface area contributed by atoms with Crippen molar-refractivity contribution in [3.8, 4) is 0 Å². The highest BCUT2D eigenvalue weighted by atomic mass is 16.3. The monoisotopic (exact) mass is 210 g/mol. The predicted molar refractivity (Wildman–Crippen MR) is 63.6 cm³/mol. The average Bonchev–Trinajstić information content (AvgIpc) is 2.28. The third-order valence-electron chi connectivity index (χ3n) is 5.06. The highest BCUT2D eigenvalue weighted by Crippen LogP contribution is 2.45. The summed E-state index contributed by atoms with van der Waals surface area (Å²) in [5.41, 5.74) is 0. The van der Waals surface area contributed by atoms with E-state index < -0.39 is 0 Å². The molecule has 0 aromatic rings. The van der Waals surface area contributed by atoms with Crippen LogP contribution in [0.2, 0.25) is 0 Å². The fourth-order valence-corrected chi connectivity index (χ4v) is 3.80. The van der Waals surface area contributed by atoms with E-state index in [1.165, 1.54) is 38.5 Å². The van der Waals surface area contributed by atoms with Crippen molar-refractivity contribution < 1.29 is 5.11 Å². The Morgan fingerprint density at radius 2 is 1.93 bits per heavy atom. The number of rotatable bonds is 2. The summed E-state index contributed by atoms with van der Waals surface area (Å²) in [4.78, 5) is 0. The van der Waals surface area contributed by atoms with Gasteiger partial charge < -0.3 is 5.11 Å². The fourth-order valence-electron chi connectivity index (χ4n) is 3.80. The van der Waals surface area contributed by atoms with Crippen LogP contribution in [0.15, 0.2) is 0 Å². The van der Waals surface area contributed by atoms with Crippen molar-refractivity contribution in [2.75, 3.05) is 0 Å². The van der Waals surface area contributed by atoms with Crippen LogP contribution in [0.25, 0.3) is 0 Å². The lowest BCUT2D eigenvalue weighted by Crippen LogP contribution is -2.39. The third-order valence-corrected chi connectivity index (χ3v) is 5.06. The summed E-state index contributed by atoms with van der Waals surface area (Å²) in [6, 6.07) is 0. The first-order valence-electron chi connectivity index (χ1n) is 6.90. The molecule has 2 aliphatic rings. The van der Waals surface area contributed by atoms with E-state index in [4.69, 9.17) is 0 Å². The molecule has 88 valence electrons. The number of aliphatic hydroxyl groups is 1. The van der Waals surface area contributed by atoms with Crippen LogP contribution in [0.1, 0.15) is 58.8 Å². The van der Waals surface area contributed by atoms with Gasteiger partial charge in [-0.25, -0.2) is 0 Å². The molecule has 0 radical (unpaired) electrons. The van der Waals surface area contributed by atoms with Gasteiger partial charge in [0.25, 0.3) is 0 Å². The second kappa shape index (κ2) is 4.86. The van der Waals surface area contributed by atoms with Crippen LogP contribution in [0.5, 0.6) is 0 Å². The maximum absolute atomic E-state index is 10.2. The van der Waals surface area contributed by atoms with Gasteiger partial charge in [-0.3, -0.25) is 0 Å². The Kier molecular flexibility index (Phi) is 3.71. The topological polar surface area (TPSA) is 20.2 Å². The second-order valence-corrected chi connectivity index (χ2v) is 5.89. The van der Waals surface area contributed by atoms with Crippen molar-refractivity contribution in [1.29, 1.82) is 0 Å². The van der Waals surface area contributed by atoms with Crippen molar-refractivity contribution in [3.05, 3.63) is 0 Å². The zero-order valence-electron chi connectivity index (χ0n) is 10.3. The Balaban J connectivity index is 1.98. The first kappa shape index (κ1) is 11.4. The van der Waals surface area contributed by atoms with Crippen LogP contribution in [-0.2, 0) is 0 Å². The maximum Gasteiger partial charge on any atom is 0.0573 e. The summed E-state index contributed by atoms with van der Waals surface area (Å²) < 4.78 is 0. The van der Waals surface area contributed by atoms with Crippen LogP contribution in [0, 0.1) is 23.7 Å². The van der Waals surface area contributed by atoms with Crippen LogP contribution in [0.4, 0.5) is 0 Å². The molecule has 0 aromatic heterocycles. The maximum atomic E-state index is 10.2. The Labute approximate surface area is 94.3 Å². The Hall–Kier alpha value is -0.0400. The minimum atomic E-state index is 0.0167. The quantitative estimate of drug-likeness (QED) is 0.738. The van der Waals surface area contributed by atoms with E-state index in [1.54, 1.807) is 0 Å². The lowest BCUT2D eigenvalue weighted by atomic mass is 9.63. The minimum absolute atomic E-state index is 0.0167. The zero-order valence-corrected chi connectivity index (χ0v) is 10.3. The first-order chi connectivity index (χ1) is 7.22. The van der Waals surface area contributed by atoms with Gasteiger partial charge in [0, 0.05) is 0 Å². The summed E-state index contributed by atoms with van der Waals surface area (Å²) in [7, 11) is 0. The molecule has 2 rings (SSSR count). The molecule has 15 heavy (non-hydrogen) atoms. The van der Waals surface area contributed by atoms with Gasteiger partial charge in [0.15, 0.2) is 0 Å². The highest BCUT2D eigenvalue weighted by Gasteiger charge is 2.39. The molecule has 0 saturated heterocycles. The molecule has 2 aliphatic carbocycles. The van der Waals surface area contributed by atoms with Gasteiger partial charge in [0.05, 0.1) is 6.10 Å². The van der Waals surface area contributed by atoms with Crippen LogP contribution in [0.3, 0.4) is 0 Å². The molecule has 2 fully saturated rings. The number of hydrogen-bond donors (Lipinski definition) is 1. The second-order valence-electron chi connectivity index (χ2n) is 5.89. The van der Waals surface area contributed by atoms with Crippen molar-refractivity contribution in [2.24, 2.45) is 23.7 Å². The van der Waals surface area contributed by atoms with E-state index in [0.717, 1.165) is 24.2 Å². The predicted octanol–water partition coefficient (Wildman–Crippen LogP) is 3.61. The van der Waals surface area contributed by atoms with Gasteiger partial charge in [0.1, 0.15) is 0 Å². The van der Waals surface area contributed by atoms with Crippen LogP contribution in [-0.4, -0.2) is 11.2 Å². The summed E-state index contributed by atoms with van der Waals surface area (Å²) in [5, 5.41) is 10.2. The molecule has 2 saturated carbocycles. The van der Waals surface area contributed by atoms with Crippen molar-refractivity contribution >= 4 is 0 Å². The van der Waals surface area contributed by atoms with Gasteiger partial charge in [0.2, 0.25) is 0 Å². The molecule has 1 heteroatoms. The molecule has 0 heterocycles. The molecule has 5 unspecified atom stereocenters. The molecule has 0 bridgehead atoms. The van der Waals surface area contributed by atoms with Gasteiger partial charge >= 0.3 is 0 Å². The van der Waals surface area contributed by atoms with Crippen molar-refractivity contribution in [2.45, 2.75) is 64.9 Å². The fraction of sp³-hybridized carbons (Fsp3) is 1.00.